The van der Waals surface area contributed by atoms with Crippen LogP contribution in [0.2, 0.25) is 0 Å². The van der Waals surface area contributed by atoms with E-state index in [-0.39, 0.29) is 11.4 Å². The Hall–Kier alpha value is -3.93. The number of carboxylic acids is 1. The number of methoxy groups -OCH3 is 1. The van der Waals surface area contributed by atoms with Crippen LogP contribution < -0.4 is 9.64 Å². The molecule has 32 heavy (non-hydrogen) atoms. The molecular formula is C26H21FN2O3. The zero-order valence-corrected chi connectivity index (χ0v) is 17.5. The van der Waals surface area contributed by atoms with Crippen molar-refractivity contribution in [1.29, 1.82) is 0 Å². The molecule has 1 aliphatic rings. The second-order valence-corrected chi connectivity index (χ2v) is 7.81. The van der Waals surface area contributed by atoms with Crippen LogP contribution in [-0.4, -0.2) is 29.7 Å². The summed E-state index contributed by atoms with van der Waals surface area (Å²) >= 11 is 0. The molecule has 3 aromatic carbocycles. The van der Waals surface area contributed by atoms with E-state index >= 15 is 0 Å². The van der Waals surface area contributed by atoms with E-state index in [2.05, 4.69) is 16.0 Å². The third kappa shape index (κ3) is 3.43. The average Bonchev–Trinajstić information content (AvgIpc) is 2.82. The number of aromatic carboxylic acids is 1. The molecule has 0 fully saturated rings. The largest absolute Gasteiger partial charge is 0.497 e. The van der Waals surface area contributed by atoms with Gasteiger partial charge in [-0.2, -0.15) is 0 Å². The highest BCUT2D eigenvalue weighted by atomic mass is 19.1. The lowest BCUT2D eigenvalue weighted by Gasteiger charge is -2.31. The minimum absolute atomic E-state index is 0.156. The lowest BCUT2D eigenvalue weighted by Crippen LogP contribution is -2.24. The summed E-state index contributed by atoms with van der Waals surface area (Å²) in [4.78, 5) is 18.8. The first-order valence-corrected chi connectivity index (χ1v) is 10.4. The molecule has 5 rings (SSSR count). The quantitative estimate of drug-likeness (QED) is 0.443. The summed E-state index contributed by atoms with van der Waals surface area (Å²) < 4.78 is 19.0. The van der Waals surface area contributed by atoms with Gasteiger partial charge in [0.25, 0.3) is 0 Å². The third-order valence-corrected chi connectivity index (χ3v) is 5.94. The molecule has 0 atom stereocenters. The Kier molecular flexibility index (Phi) is 4.98. The van der Waals surface area contributed by atoms with Crippen LogP contribution in [-0.2, 0) is 6.42 Å². The topological polar surface area (TPSA) is 62.7 Å². The number of pyridine rings is 1. The fourth-order valence-electron chi connectivity index (χ4n) is 4.39. The Labute approximate surface area is 184 Å². The van der Waals surface area contributed by atoms with E-state index in [0.29, 0.717) is 22.0 Å². The molecule has 0 saturated heterocycles. The van der Waals surface area contributed by atoms with Crippen LogP contribution in [0.1, 0.15) is 22.3 Å². The Morgan fingerprint density at radius 3 is 2.66 bits per heavy atom. The minimum atomic E-state index is -1.04. The van der Waals surface area contributed by atoms with Crippen molar-refractivity contribution in [3.05, 3.63) is 83.8 Å². The summed E-state index contributed by atoms with van der Waals surface area (Å²) in [6.07, 6.45) is 3.80. The molecule has 2 heterocycles. The van der Waals surface area contributed by atoms with Gasteiger partial charge in [-0.05, 0) is 60.4 Å². The summed E-state index contributed by atoms with van der Waals surface area (Å²) in [6, 6.07) is 17.2. The lowest BCUT2D eigenvalue weighted by atomic mass is 9.94. The SMILES string of the molecule is COc1ccc2c(c1)N(c1cnc3ccc(C(=O)O)c(-c4ccc(F)cc4)c3c1)CCC2. The van der Waals surface area contributed by atoms with Gasteiger partial charge < -0.3 is 14.7 Å². The first kappa shape index (κ1) is 20.0. The number of aromatic nitrogens is 1. The second-order valence-electron chi connectivity index (χ2n) is 7.81. The number of hydrogen-bond acceptors (Lipinski definition) is 4. The number of aryl methyl sites for hydroxylation is 1. The summed E-state index contributed by atoms with van der Waals surface area (Å²) in [6.45, 7) is 0.817. The van der Waals surface area contributed by atoms with Gasteiger partial charge in [0.1, 0.15) is 11.6 Å². The number of rotatable bonds is 4. The number of hydrogen-bond donors (Lipinski definition) is 1. The molecular weight excluding hydrogens is 407 g/mol. The molecule has 4 aromatic rings. The maximum Gasteiger partial charge on any atom is 0.336 e. The van der Waals surface area contributed by atoms with Crippen LogP contribution in [0.15, 0.2) is 66.9 Å². The van der Waals surface area contributed by atoms with Gasteiger partial charge in [0, 0.05) is 29.2 Å². The van der Waals surface area contributed by atoms with Crippen LogP contribution in [0.4, 0.5) is 15.8 Å². The highest BCUT2D eigenvalue weighted by molar-refractivity contribution is 6.07. The summed E-state index contributed by atoms with van der Waals surface area (Å²) in [5.41, 5.74) is 5.17. The zero-order chi connectivity index (χ0) is 22.2. The number of benzene rings is 3. The predicted molar refractivity (Wildman–Crippen MR) is 122 cm³/mol. The van der Waals surface area contributed by atoms with E-state index in [1.54, 1.807) is 31.4 Å². The van der Waals surface area contributed by atoms with Crippen molar-refractivity contribution in [2.75, 3.05) is 18.6 Å². The fourth-order valence-corrected chi connectivity index (χ4v) is 4.39. The zero-order valence-electron chi connectivity index (χ0n) is 17.5. The van der Waals surface area contributed by atoms with Crippen LogP contribution in [0.25, 0.3) is 22.0 Å². The molecule has 5 nitrogen and oxygen atoms in total. The smallest absolute Gasteiger partial charge is 0.336 e. The van der Waals surface area contributed by atoms with Crippen molar-refractivity contribution < 1.29 is 19.0 Å². The van der Waals surface area contributed by atoms with Gasteiger partial charge in [0.05, 0.1) is 30.1 Å². The van der Waals surface area contributed by atoms with Crippen LogP contribution in [0.5, 0.6) is 5.75 Å². The van der Waals surface area contributed by atoms with E-state index in [9.17, 15) is 14.3 Å². The Bertz CT molecular complexity index is 1340. The van der Waals surface area contributed by atoms with Gasteiger partial charge >= 0.3 is 5.97 Å². The van der Waals surface area contributed by atoms with Crippen molar-refractivity contribution >= 4 is 28.2 Å². The predicted octanol–water partition coefficient (Wildman–Crippen LogP) is 5.83. The van der Waals surface area contributed by atoms with Gasteiger partial charge in [0.15, 0.2) is 0 Å². The molecule has 1 aromatic heterocycles. The number of carboxylic acid groups (broad SMARTS) is 1. The van der Waals surface area contributed by atoms with Crippen LogP contribution in [0.3, 0.4) is 0 Å². The number of ether oxygens (including phenoxy) is 1. The van der Waals surface area contributed by atoms with E-state index < -0.39 is 5.97 Å². The van der Waals surface area contributed by atoms with E-state index in [0.717, 1.165) is 36.5 Å². The monoisotopic (exact) mass is 428 g/mol. The maximum absolute atomic E-state index is 13.5. The minimum Gasteiger partial charge on any atom is -0.497 e. The third-order valence-electron chi connectivity index (χ3n) is 5.94. The first-order chi connectivity index (χ1) is 15.5. The molecule has 0 radical (unpaired) electrons. The molecule has 1 aliphatic heterocycles. The van der Waals surface area contributed by atoms with E-state index in [1.807, 2.05) is 24.4 Å². The van der Waals surface area contributed by atoms with Crippen molar-refractivity contribution in [2.24, 2.45) is 0 Å². The number of anilines is 2. The highest BCUT2D eigenvalue weighted by Gasteiger charge is 2.22. The molecule has 1 N–H and O–H groups in total. The van der Waals surface area contributed by atoms with Crippen LogP contribution >= 0.6 is 0 Å². The highest BCUT2D eigenvalue weighted by Crippen LogP contribution is 2.39. The Morgan fingerprint density at radius 1 is 1.09 bits per heavy atom. The van der Waals surface area contributed by atoms with Crippen molar-refractivity contribution in [3.8, 4) is 16.9 Å². The van der Waals surface area contributed by atoms with Gasteiger partial charge in [-0.3, -0.25) is 4.98 Å². The van der Waals surface area contributed by atoms with E-state index in [4.69, 9.17) is 4.74 Å². The number of nitrogens with zero attached hydrogens (tertiary/aromatic N) is 2. The molecule has 0 unspecified atom stereocenters. The lowest BCUT2D eigenvalue weighted by molar-refractivity contribution is 0.0698. The van der Waals surface area contributed by atoms with Crippen molar-refractivity contribution in [2.45, 2.75) is 12.8 Å². The van der Waals surface area contributed by atoms with Crippen molar-refractivity contribution in [3.63, 3.8) is 0 Å². The van der Waals surface area contributed by atoms with Gasteiger partial charge in [-0.1, -0.05) is 18.2 Å². The second kappa shape index (κ2) is 7.96. The standard InChI is InChI=1S/C26H21FN2O3/c1-32-20-9-6-16-3-2-12-29(24(16)14-20)19-13-22-23(28-15-19)11-10-21(26(30)31)25(22)17-4-7-18(27)8-5-17/h4-11,13-15H,2-3,12H2,1H3,(H,30,31). The summed E-state index contributed by atoms with van der Waals surface area (Å²) in [7, 11) is 1.65. The number of carbonyl (C=O) groups is 1. The van der Waals surface area contributed by atoms with Crippen molar-refractivity contribution in [1.82, 2.24) is 4.98 Å². The normalized spacial score (nSPS) is 13.1. The number of halogens is 1. The molecule has 0 aliphatic carbocycles. The molecule has 160 valence electrons. The fraction of sp³-hybridized carbons (Fsp3) is 0.154. The molecule has 0 bridgehead atoms. The van der Waals surface area contributed by atoms with Gasteiger partial charge in [-0.25, -0.2) is 9.18 Å². The number of fused-ring (bicyclic) bond motifs is 2. The average molecular weight is 428 g/mol. The maximum atomic E-state index is 13.5. The summed E-state index contributed by atoms with van der Waals surface area (Å²) in [5.74, 6) is -0.627. The Morgan fingerprint density at radius 2 is 1.91 bits per heavy atom. The van der Waals surface area contributed by atoms with Gasteiger partial charge in [-0.15, -0.1) is 0 Å². The van der Waals surface area contributed by atoms with Crippen LogP contribution in [0, 0.1) is 5.82 Å². The first-order valence-electron chi connectivity index (χ1n) is 10.4. The van der Waals surface area contributed by atoms with E-state index in [1.165, 1.54) is 17.7 Å². The molecule has 0 spiro atoms. The summed E-state index contributed by atoms with van der Waals surface area (Å²) in [5, 5.41) is 10.5. The molecule has 6 heteroatoms. The molecule has 0 saturated carbocycles. The van der Waals surface area contributed by atoms with Gasteiger partial charge in [0.2, 0.25) is 0 Å². The Balaban J connectivity index is 1.72. The molecule has 0 amide bonds.